The van der Waals surface area contributed by atoms with E-state index in [9.17, 15) is 18.0 Å². The number of hydrogen-bond donors (Lipinski definition) is 0. The highest BCUT2D eigenvalue weighted by molar-refractivity contribution is 5.94. The van der Waals surface area contributed by atoms with Crippen molar-refractivity contribution in [3.63, 3.8) is 0 Å². The summed E-state index contributed by atoms with van der Waals surface area (Å²) in [5.41, 5.74) is -0.169. The molecule has 3 aromatic rings. The van der Waals surface area contributed by atoms with Crippen LogP contribution in [-0.2, 0) is 6.18 Å². The first-order valence-corrected chi connectivity index (χ1v) is 8.56. The lowest BCUT2D eigenvalue weighted by Crippen LogP contribution is -2.06. The SMILES string of the molecule is COc1cc(C(C)=O)ccc1OC(C)c1nc(-c2cccc(C(F)(F)F)c2)no1. The van der Waals surface area contributed by atoms with Crippen LogP contribution in [0.4, 0.5) is 13.2 Å². The summed E-state index contributed by atoms with van der Waals surface area (Å²) >= 11 is 0. The molecule has 2 aromatic carbocycles. The van der Waals surface area contributed by atoms with E-state index in [4.69, 9.17) is 14.0 Å². The monoisotopic (exact) mass is 406 g/mol. The third kappa shape index (κ3) is 4.56. The van der Waals surface area contributed by atoms with Crippen molar-refractivity contribution in [1.29, 1.82) is 0 Å². The molecule has 0 aliphatic heterocycles. The smallest absolute Gasteiger partial charge is 0.416 e. The Hall–Kier alpha value is -3.36. The van der Waals surface area contributed by atoms with Gasteiger partial charge in [-0.25, -0.2) is 0 Å². The van der Waals surface area contributed by atoms with Gasteiger partial charge in [0.05, 0.1) is 12.7 Å². The minimum atomic E-state index is -4.47. The number of carbonyl (C=O) groups excluding carboxylic acids is 1. The molecule has 152 valence electrons. The Labute approximate surface area is 164 Å². The number of alkyl halides is 3. The number of ketones is 1. The molecule has 0 saturated carbocycles. The molecule has 0 amide bonds. The van der Waals surface area contributed by atoms with Crippen LogP contribution in [0.2, 0.25) is 0 Å². The first kappa shape index (κ1) is 20.4. The Bertz CT molecular complexity index is 1030. The van der Waals surface area contributed by atoms with Crippen molar-refractivity contribution in [2.24, 2.45) is 0 Å². The molecule has 0 fully saturated rings. The minimum absolute atomic E-state index is 0.0143. The Kier molecular flexibility index (Phi) is 5.58. The summed E-state index contributed by atoms with van der Waals surface area (Å²) in [5.74, 6) is 0.673. The molecule has 0 aliphatic carbocycles. The van der Waals surface area contributed by atoms with Gasteiger partial charge in [-0.2, -0.15) is 18.2 Å². The molecule has 0 radical (unpaired) electrons. The van der Waals surface area contributed by atoms with Gasteiger partial charge in [-0.05, 0) is 44.2 Å². The van der Waals surface area contributed by atoms with Crippen LogP contribution in [0.25, 0.3) is 11.4 Å². The first-order chi connectivity index (χ1) is 13.7. The van der Waals surface area contributed by atoms with Gasteiger partial charge < -0.3 is 14.0 Å². The highest BCUT2D eigenvalue weighted by atomic mass is 19.4. The van der Waals surface area contributed by atoms with Crippen LogP contribution in [0.1, 0.15) is 41.8 Å². The lowest BCUT2D eigenvalue weighted by molar-refractivity contribution is -0.137. The second-order valence-electron chi connectivity index (χ2n) is 6.22. The van der Waals surface area contributed by atoms with Gasteiger partial charge in [0.2, 0.25) is 5.82 Å². The second kappa shape index (κ2) is 7.94. The molecule has 1 heterocycles. The number of benzene rings is 2. The molecular weight excluding hydrogens is 389 g/mol. The van der Waals surface area contributed by atoms with Gasteiger partial charge >= 0.3 is 6.18 Å². The molecule has 0 spiro atoms. The van der Waals surface area contributed by atoms with E-state index in [0.29, 0.717) is 17.1 Å². The number of aromatic nitrogens is 2. The number of Topliss-reactive ketones (excluding diaryl/α,β-unsaturated/α-hetero) is 1. The van der Waals surface area contributed by atoms with Gasteiger partial charge in [-0.15, -0.1) is 0 Å². The number of ether oxygens (including phenoxy) is 2. The largest absolute Gasteiger partial charge is 0.493 e. The molecule has 1 atom stereocenters. The summed E-state index contributed by atoms with van der Waals surface area (Å²) in [7, 11) is 1.44. The molecule has 1 unspecified atom stereocenters. The van der Waals surface area contributed by atoms with E-state index in [-0.39, 0.29) is 23.1 Å². The maximum absolute atomic E-state index is 12.9. The van der Waals surface area contributed by atoms with E-state index < -0.39 is 17.8 Å². The normalized spacial score (nSPS) is 12.5. The van der Waals surface area contributed by atoms with Gasteiger partial charge in [-0.1, -0.05) is 17.3 Å². The average molecular weight is 406 g/mol. The van der Waals surface area contributed by atoms with Gasteiger partial charge in [0.25, 0.3) is 5.89 Å². The summed E-state index contributed by atoms with van der Waals surface area (Å²) in [6.45, 7) is 3.08. The van der Waals surface area contributed by atoms with Crippen LogP contribution < -0.4 is 9.47 Å². The molecule has 9 heteroatoms. The zero-order chi connectivity index (χ0) is 21.2. The summed E-state index contributed by atoms with van der Waals surface area (Å²) < 4.78 is 54.8. The molecule has 29 heavy (non-hydrogen) atoms. The predicted molar refractivity (Wildman–Crippen MR) is 96.8 cm³/mol. The number of halogens is 3. The van der Waals surface area contributed by atoms with Gasteiger partial charge in [0, 0.05) is 11.1 Å². The van der Waals surface area contributed by atoms with Crippen LogP contribution in [0.3, 0.4) is 0 Å². The van der Waals surface area contributed by atoms with Crippen molar-refractivity contribution in [3.8, 4) is 22.9 Å². The number of carbonyl (C=O) groups is 1. The Morgan fingerprint density at radius 1 is 1.14 bits per heavy atom. The molecule has 0 saturated heterocycles. The molecule has 1 aromatic heterocycles. The average Bonchev–Trinajstić information content (AvgIpc) is 3.18. The van der Waals surface area contributed by atoms with Gasteiger partial charge in [0.1, 0.15) is 0 Å². The standard InChI is InChI=1S/C20H17F3N2O4/c1-11(26)13-7-8-16(17(10-13)27-3)28-12(2)19-24-18(25-29-19)14-5-4-6-15(9-14)20(21,22)23/h4-10,12H,1-3H3. The number of methoxy groups -OCH3 is 1. The third-order valence-corrected chi connectivity index (χ3v) is 4.11. The van der Waals surface area contributed by atoms with Gasteiger partial charge in [-0.3, -0.25) is 4.79 Å². The van der Waals surface area contributed by atoms with E-state index in [1.807, 2.05) is 0 Å². The third-order valence-electron chi connectivity index (χ3n) is 4.11. The van der Waals surface area contributed by atoms with Crippen LogP contribution in [-0.4, -0.2) is 23.0 Å². The van der Waals surface area contributed by atoms with Crippen molar-refractivity contribution in [1.82, 2.24) is 10.1 Å². The number of nitrogens with zero attached hydrogens (tertiary/aromatic N) is 2. The van der Waals surface area contributed by atoms with Crippen molar-refractivity contribution in [3.05, 3.63) is 59.5 Å². The quantitative estimate of drug-likeness (QED) is 0.530. The summed E-state index contributed by atoms with van der Waals surface area (Å²) in [4.78, 5) is 15.6. The fraction of sp³-hybridized carbons (Fsp3) is 0.250. The van der Waals surface area contributed by atoms with E-state index >= 15 is 0 Å². The molecule has 0 aliphatic rings. The summed E-state index contributed by atoms with van der Waals surface area (Å²) in [6.07, 6.45) is -5.18. The Morgan fingerprint density at radius 2 is 1.90 bits per heavy atom. The molecule has 0 bridgehead atoms. The Morgan fingerprint density at radius 3 is 2.55 bits per heavy atom. The van der Waals surface area contributed by atoms with Crippen molar-refractivity contribution in [2.45, 2.75) is 26.1 Å². The van der Waals surface area contributed by atoms with E-state index in [2.05, 4.69) is 10.1 Å². The number of rotatable bonds is 6. The zero-order valence-electron chi connectivity index (χ0n) is 15.8. The Balaban J connectivity index is 1.82. The predicted octanol–water partition coefficient (Wildman–Crippen LogP) is 5.11. The number of hydrogen-bond acceptors (Lipinski definition) is 6. The van der Waals surface area contributed by atoms with E-state index in [1.54, 1.807) is 25.1 Å². The second-order valence-corrected chi connectivity index (χ2v) is 6.22. The molecule has 0 N–H and O–H groups in total. The summed E-state index contributed by atoms with van der Waals surface area (Å²) in [5, 5.41) is 3.74. The van der Waals surface area contributed by atoms with Gasteiger partial charge in [0.15, 0.2) is 23.4 Å². The fourth-order valence-corrected chi connectivity index (χ4v) is 2.58. The van der Waals surface area contributed by atoms with E-state index in [1.165, 1.54) is 26.2 Å². The first-order valence-electron chi connectivity index (χ1n) is 8.56. The maximum atomic E-state index is 12.9. The lowest BCUT2D eigenvalue weighted by Gasteiger charge is -2.14. The van der Waals surface area contributed by atoms with Crippen LogP contribution in [0.5, 0.6) is 11.5 Å². The molecular formula is C20H17F3N2O4. The van der Waals surface area contributed by atoms with Crippen molar-refractivity contribution < 1.29 is 32.0 Å². The summed E-state index contributed by atoms with van der Waals surface area (Å²) in [6, 6.07) is 9.36. The fourth-order valence-electron chi connectivity index (χ4n) is 2.58. The highest BCUT2D eigenvalue weighted by Crippen LogP contribution is 2.34. The molecule has 3 rings (SSSR count). The van der Waals surface area contributed by atoms with Crippen molar-refractivity contribution >= 4 is 5.78 Å². The maximum Gasteiger partial charge on any atom is 0.416 e. The molecule has 6 nitrogen and oxygen atoms in total. The highest BCUT2D eigenvalue weighted by Gasteiger charge is 2.31. The van der Waals surface area contributed by atoms with Crippen LogP contribution >= 0.6 is 0 Å². The lowest BCUT2D eigenvalue weighted by atomic mass is 10.1. The van der Waals surface area contributed by atoms with Crippen molar-refractivity contribution in [2.75, 3.05) is 7.11 Å². The van der Waals surface area contributed by atoms with Crippen LogP contribution in [0.15, 0.2) is 47.0 Å². The van der Waals surface area contributed by atoms with E-state index in [0.717, 1.165) is 12.1 Å². The van der Waals surface area contributed by atoms with Crippen LogP contribution in [0, 0.1) is 0 Å². The zero-order valence-corrected chi connectivity index (χ0v) is 15.8. The minimum Gasteiger partial charge on any atom is -0.493 e. The topological polar surface area (TPSA) is 74.5 Å².